The third-order valence-electron chi connectivity index (χ3n) is 5.79. The Morgan fingerprint density at radius 2 is 1.97 bits per heavy atom. The highest BCUT2D eigenvalue weighted by Crippen LogP contribution is 2.33. The van der Waals surface area contributed by atoms with Crippen LogP contribution in [0.25, 0.3) is 16.1 Å². The van der Waals surface area contributed by atoms with Gasteiger partial charge in [0.05, 0.1) is 11.6 Å². The van der Waals surface area contributed by atoms with E-state index < -0.39 is 0 Å². The number of rotatable bonds is 3. The van der Waals surface area contributed by atoms with E-state index in [1.54, 1.807) is 6.07 Å². The Labute approximate surface area is 185 Å². The van der Waals surface area contributed by atoms with Gasteiger partial charge in [0.2, 0.25) is 0 Å². The number of likely N-dealkylation sites (tertiary alicyclic amines) is 1. The lowest BCUT2D eigenvalue weighted by Crippen LogP contribution is -2.37. The molecule has 1 N–H and O–H groups in total. The van der Waals surface area contributed by atoms with Gasteiger partial charge in [-0.1, -0.05) is 18.2 Å². The maximum atomic E-state index is 13.1. The number of aryl methyl sites for hydroxylation is 1. The summed E-state index contributed by atoms with van der Waals surface area (Å²) in [5.74, 6) is 0.498. The van der Waals surface area contributed by atoms with Crippen molar-refractivity contribution in [1.82, 2.24) is 14.9 Å². The molecule has 0 radical (unpaired) electrons. The fourth-order valence-electron chi connectivity index (χ4n) is 4.01. The van der Waals surface area contributed by atoms with Crippen LogP contribution in [0.5, 0.6) is 0 Å². The summed E-state index contributed by atoms with van der Waals surface area (Å²) in [5.41, 5.74) is 4.62. The van der Waals surface area contributed by atoms with Crippen LogP contribution in [0.15, 0.2) is 42.5 Å². The highest BCUT2D eigenvalue weighted by Gasteiger charge is 2.26. The molecule has 1 fully saturated rings. The number of hydrogen-bond acceptors (Lipinski definition) is 3. The standard InChI is InChI=1S/C24H20ClN5O/c1-15-3-6-19(13-20(15)21-22(25)29-24(27-2)28-21)23(31)30-11-9-18(10-12-30)17-7-4-16(14-26)5-8-17/h3-8,13,18H,9-12H2,1H3,(H,28,29). The molecule has 1 aliphatic heterocycles. The third-order valence-corrected chi connectivity index (χ3v) is 6.06. The zero-order chi connectivity index (χ0) is 22.0. The van der Waals surface area contributed by atoms with E-state index in [1.807, 2.05) is 48.2 Å². The average Bonchev–Trinajstić information content (AvgIpc) is 3.19. The molecule has 1 saturated heterocycles. The molecular formula is C24H20ClN5O. The molecule has 2 aromatic carbocycles. The van der Waals surface area contributed by atoms with Crippen molar-refractivity contribution >= 4 is 23.5 Å². The van der Waals surface area contributed by atoms with Crippen LogP contribution in [0.1, 0.15) is 45.8 Å². The Hall–Kier alpha value is -3.61. The number of carbonyl (C=O) groups is 1. The number of halogens is 1. The summed E-state index contributed by atoms with van der Waals surface area (Å²) in [6.45, 7) is 10.4. The highest BCUT2D eigenvalue weighted by molar-refractivity contribution is 6.32. The SMILES string of the molecule is [C-]#[N+]c1nc(-c2cc(C(=O)N3CCC(c4ccc(C#N)cc4)CC3)ccc2C)c(Cl)[nH]1. The van der Waals surface area contributed by atoms with E-state index in [1.165, 1.54) is 5.56 Å². The van der Waals surface area contributed by atoms with Gasteiger partial charge < -0.3 is 9.74 Å². The number of carbonyl (C=O) groups excluding carboxylic acids is 1. The minimum Gasteiger partial charge on any atom is -0.397 e. The molecule has 154 valence electrons. The number of nitrogens with one attached hydrogen (secondary N) is 1. The summed E-state index contributed by atoms with van der Waals surface area (Å²) >= 11 is 6.23. The van der Waals surface area contributed by atoms with Gasteiger partial charge in [0.25, 0.3) is 5.91 Å². The number of nitrogens with zero attached hydrogens (tertiary/aromatic N) is 4. The lowest BCUT2D eigenvalue weighted by Gasteiger charge is -2.32. The predicted octanol–water partition coefficient (Wildman–Crippen LogP) is 5.48. The second-order valence-electron chi connectivity index (χ2n) is 7.66. The first kappa shape index (κ1) is 20.7. The van der Waals surface area contributed by atoms with Crippen molar-refractivity contribution < 1.29 is 4.79 Å². The van der Waals surface area contributed by atoms with Gasteiger partial charge in [-0.05, 0) is 72.7 Å². The first-order valence-corrected chi connectivity index (χ1v) is 10.4. The van der Waals surface area contributed by atoms with Crippen LogP contribution in [-0.4, -0.2) is 33.9 Å². The van der Waals surface area contributed by atoms with Crippen LogP contribution in [-0.2, 0) is 0 Å². The topological polar surface area (TPSA) is 77.1 Å². The van der Waals surface area contributed by atoms with Gasteiger partial charge >= 0.3 is 5.95 Å². The van der Waals surface area contributed by atoms with Crippen LogP contribution in [0.2, 0.25) is 5.15 Å². The number of H-pyrrole nitrogens is 1. The number of nitriles is 1. The summed E-state index contributed by atoms with van der Waals surface area (Å²) < 4.78 is 0. The van der Waals surface area contributed by atoms with E-state index in [2.05, 4.69) is 20.9 Å². The fourth-order valence-corrected chi connectivity index (χ4v) is 4.24. The maximum absolute atomic E-state index is 13.1. The zero-order valence-electron chi connectivity index (χ0n) is 17.0. The molecule has 0 atom stereocenters. The molecule has 0 saturated carbocycles. The molecule has 0 spiro atoms. The van der Waals surface area contributed by atoms with Crippen LogP contribution in [0, 0.1) is 24.8 Å². The Bertz CT molecular complexity index is 1210. The predicted molar refractivity (Wildman–Crippen MR) is 119 cm³/mol. The van der Waals surface area contributed by atoms with Crippen molar-refractivity contribution in [2.75, 3.05) is 13.1 Å². The number of aromatic amines is 1. The molecule has 0 aliphatic carbocycles. The minimum absolute atomic E-state index is 0.0170. The summed E-state index contributed by atoms with van der Waals surface area (Å²) in [6, 6.07) is 15.4. The molecule has 1 amide bonds. The van der Waals surface area contributed by atoms with Crippen molar-refractivity contribution in [3.8, 4) is 17.3 Å². The molecule has 2 heterocycles. The van der Waals surface area contributed by atoms with E-state index >= 15 is 0 Å². The van der Waals surface area contributed by atoms with Crippen molar-refractivity contribution in [2.45, 2.75) is 25.7 Å². The summed E-state index contributed by atoms with van der Waals surface area (Å²) in [7, 11) is 0. The quantitative estimate of drug-likeness (QED) is 0.560. The fraction of sp³-hybridized carbons (Fsp3) is 0.250. The summed E-state index contributed by atoms with van der Waals surface area (Å²) in [6.07, 6.45) is 1.77. The first-order chi connectivity index (χ1) is 15.0. The smallest absolute Gasteiger partial charge is 0.338 e. The van der Waals surface area contributed by atoms with Crippen molar-refractivity contribution in [2.24, 2.45) is 0 Å². The van der Waals surface area contributed by atoms with E-state index in [4.69, 9.17) is 23.4 Å². The second kappa shape index (κ2) is 8.63. The number of amides is 1. The molecule has 0 unspecified atom stereocenters. The summed E-state index contributed by atoms with van der Waals surface area (Å²) in [5, 5.41) is 9.25. The van der Waals surface area contributed by atoms with Gasteiger partial charge in [0.15, 0.2) is 10.8 Å². The Kier molecular flexibility index (Phi) is 5.75. The van der Waals surface area contributed by atoms with Crippen LogP contribution < -0.4 is 0 Å². The lowest BCUT2D eigenvalue weighted by atomic mass is 9.88. The lowest BCUT2D eigenvalue weighted by molar-refractivity contribution is 0.0713. The van der Waals surface area contributed by atoms with Crippen molar-refractivity contribution in [1.29, 1.82) is 5.26 Å². The number of benzene rings is 2. The maximum Gasteiger partial charge on any atom is 0.338 e. The summed E-state index contributed by atoms with van der Waals surface area (Å²) in [4.78, 5) is 25.3. The van der Waals surface area contributed by atoms with Crippen molar-refractivity contribution in [3.63, 3.8) is 0 Å². The molecule has 3 aromatic rings. The average molecular weight is 430 g/mol. The Morgan fingerprint density at radius 3 is 2.58 bits per heavy atom. The zero-order valence-corrected chi connectivity index (χ0v) is 17.8. The molecule has 1 aromatic heterocycles. The van der Waals surface area contributed by atoms with Gasteiger partial charge in [-0.25, -0.2) is 0 Å². The molecular weight excluding hydrogens is 410 g/mol. The molecule has 7 heteroatoms. The number of aromatic nitrogens is 2. The van der Waals surface area contributed by atoms with Crippen LogP contribution >= 0.6 is 11.6 Å². The van der Waals surface area contributed by atoms with Gasteiger partial charge in [-0.3, -0.25) is 9.78 Å². The monoisotopic (exact) mass is 429 g/mol. The van der Waals surface area contributed by atoms with Gasteiger partial charge in [0, 0.05) is 24.2 Å². The van der Waals surface area contributed by atoms with Crippen molar-refractivity contribution in [3.05, 3.63) is 81.3 Å². The van der Waals surface area contributed by atoms with Crippen LogP contribution in [0.4, 0.5) is 5.95 Å². The number of imidazole rings is 1. The Balaban J connectivity index is 1.49. The largest absolute Gasteiger partial charge is 0.397 e. The Morgan fingerprint density at radius 1 is 1.26 bits per heavy atom. The number of piperidine rings is 1. The second-order valence-corrected chi connectivity index (χ2v) is 8.04. The van der Waals surface area contributed by atoms with E-state index in [0.717, 1.165) is 24.0 Å². The molecule has 1 aliphatic rings. The molecule has 6 nitrogen and oxygen atoms in total. The van der Waals surface area contributed by atoms with Gasteiger partial charge in [0.1, 0.15) is 0 Å². The van der Waals surface area contributed by atoms with E-state index in [-0.39, 0.29) is 11.9 Å². The number of hydrogen-bond donors (Lipinski definition) is 1. The first-order valence-electron chi connectivity index (χ1n) is 10.0. The molecule has 0 bridgehead atoms. The minimum atomic E-state index is -0.0170. The highest BCUT2D eigenvalue weighted by atomic mass is 35.5. The van der Waals surface area contributed by atoms with E-state index in [9.17, 15) is 4.79 Å². The van der Waals surface area contributed by atoms with E-state index in [0.29, 0.717) is 41.0 Å². The molecule has 4 rings (SSSR count). The van der Waals surface area contributed by atoms with Gasteiger partial charge in [-0.2, -0.15) is 5.26 Å². The van der Waals surface area contributed by atoms with Gasteiger partial charge in [-0.15, -0.1) is 11.6 Å². The molecule has 31 heavy (non-hydrogen) atoms. The normalized spacial score (nSPS) is 14.1. The van der Waals surface area contributed by atoms with Crippen LogP contribution in [0.3, 0.4) is 0 Å². The third kappa shape index (κ3) is 4.17.